The summed E-state index contributed by atoms with van der Waals surface area (Å²) in [4.78, 5) is 27.0. The average molecular weight is 328 g/mol. The summed E-state index contributed by atoms with van der Waals surface area (Å²) >= 11 is 3.34. The predicted octanol–water partition coefficient (Wildman–Crippen LogP) is 2.44. The van der Waals surface area contributed by atoms with E-state index in [9.17, 15) is 9.59 Å². The Labute approximate surface area is 132 Å². The molecule has 116 valence electrons. The van der Waals surface area contributed by atoms with Gasteiger partial charge in [0.15, 0.2) is 0 Å². The van der Waals surface area contributed by atoms with E-state index in [1.165, 1.54) is 0 Å². The Morgan fingerprint density at radius 2 is 2.33 bits per heavy atom. The summed E-state index contributed by atoms with van der Waals surface area (Å²) in [6.45, 7) is 1.98. The van der Waals surface area contributed by atoms with Gasteiger partial charge in [0.05, 0.1) is 16.6 Å². The van der Waals surface area contributed by atoms with Crippen molar-refractivity contribution >= 4 is 35.0 Å². The number of carbonyl (C=O) groups excluding carboxylic acids is 1. The number of hydrogen-bond acceptors (Lipinski definition) is 5. The maximum Gasteiger partial charge on any atom is 0.306 e. The fourth-order valence-corrected chi connectivity index (χ4v) is 4.00. The molecule has 1 aliphatic carbocycles. The van der Waals surface area contributed by atoms with Crippen LogP contribution in [0.4, 0.5) is 0 Å². The van der Waals surface area contributed by atoms with Gasteiger partial charge in [0.25, 0.3) is 0 Å². The number of carboxylic acids is 1. The molecule has 1 saturated carbocycles. The molecule has 0 radical (unpaired) electrons. The maximum atomic E-state index is 11.8. The normalized spacial score (nSPS) is 21.4. The number of aromatic nitrogens is 1. The van der Waals surface area contributed by atoms with Gasteiger partial charge in [-0.3, -0.25) is 9.59 Å². The maximum absolute atomic E-state index is 11.8. The van der Waals surface area contributed by atoms with Crippen molar-refractivity contribution in [2.45, 2.75) is 44.4 Å². The number of rotatable bonds is 7. The van der Waals surface area contributed by atoms with E-state index in [0.717, 1.165) is 28.6 Å². The molecule has 0 unspecified atom stereocenters. The Hall–Kier alpha value is -1.08. The molecule has 1 aliphatic rings. The summed E-state index contributed by atoms with van der Waals surface area (Å²) < 4.78 is 0. The molecule has 1 aromatic rings. The Morgan fingerprint density at radius 3 is 2.95 bits per heavy atom. The molecule has 0 saturated heterocycles. The second kappa shape index (κ2) is 7.79. The summed E-state index contributed by atoms with van der Waals surface area (Å²) in [6, 6.07) is 0.0322. The van der Waals surface area contributed by atoms with Crippen LogP contribution in [0.15, 0.2) is 5.38 Å². The van der Waals surface area contributed by atoms with Gasteiger partial charge in [-0.1, -0.05) is 0 Å². The molecule has 2 atom stereocenters. The van der Waals surface area contributed by atoms with Gasteiger partial charge in [-0.05, 0) is 26.2 Å². The van der Waals surface area contributed by atoms with Gasteiger partial charge in [-0.15, -0.1) is 11.3 Å². The van der Waals surface area contributed by atoms with Crippen LogP contribution < -0.4 is 5.32 Å². The third kappa shape index (κ3) is 5.32. The van der Waals surface area contributed by atoms with Crippen LogP contribution >= 0.6 is 23.1 Å². The first-order valence-corrected chi connectivity index (χ1v) is 9.09. The lowest BCUT2D eigenvalue weighted by molar-refractivity contribution is -0.141. The van der Waals surface area contributed by atoms with E-state index in [1.54, 1.807) is 23.1 Å². The summed E-state index contributed by atoms with van der Waals surface area (Å²) in [5.41, 5.74) is 1.07. The molecule has 21 heavy (non-hydrogen) atoms. The minimum atomic E-state index is -0.749. The summed E-state index contributed by atoms with van der Waals surface area (Å²) in [6.07, 6.45) is 2.47. The van der Waals surface area contributed by atoms with Crippen molar-refractivity contribution in [3.63, 3.8) is 0 Å². The van der Waals surface area contributed by atoms with Crippen molar-refractivity contribution in [2.75, 3.05) is 5.75 Å². The fraction of sp³-hybridized carbons (Fsp3) is 0.643. The van der Waals surface area contributed by atoms with Crippen LogP contribution in [0.25, 0.3) is 0 Å². The van der Waals surface area contributed by atoms with Gasteiger partial charge >= 0.3 is 5.97 Å². The van der Waals surface area contributed by atoms with Gasteiger partial charge in [0.1, 0.15) is 0 Å². The van der Waals surface area contributed by atoms with Crippen molar-refractivity contribution in [1.82, 2.24) is 10.3 Å². The van der Waals surface area contributed by atoms with Crippen LogP contribution in [0.1, 0.15) is 36.4 Å². The highest BCUT2D eigenvalue weighted by molar-refractivity contribution is 7.98. The molecular weight excluding hydrogens is 308 g/mol. The SMILES string of the molecule is Cc1nc(CSCCC(=O)N[C@H]2CC[C@@H](C(=O)O)C2)cs1. The average Bonchev–Trinajstić information content (AvgIpc) is 3.04. The Bertz CT molecular complexity index is 504. The van der Waals surface area contributed by atoms with E-state index in [-0.39, 0.29) is 17.9 Å². The number of aliphatic carboxylic acids is 1. The Balaban J connectivity index is 1.59. The molecule has 0 spiro atoms. The highest BCUT2D eigenvalue weighted by atomic mass is 32.2. The number of nitrogens with zero attached hydrogens (tertiary/aromatic N) is 1. The van der Waals surface area contributed by atoms with Gasteiger partial charge in [-0.25, -0.2) is 4.98 Å². The number of carbonyl (C=O) groups is 2. The van der Waals surface area contributed by atoms with Gasteiger partial charge in [-0.2, -0.15) is 11.8 Å². The van der Waals surface area contributed by atoms with Crippen LogP contribution in [-0.2, 0) is 15.3 Å². The van der Waals surface area contributed by atoms with Crippen molar-refractivity contribution in [3.8, 4) is 0 Å². The highest BCUT2D eigenvalue weighted by Gasteiger charge is 2.30. The van der Waals surface area contributed by atoms with Gasteiger partial charge in [0.2, 0.25) is 5.91 Å². The van der Waals surface area contributed by atoms with Crippen molar-refractivity contribution in [2.24, 2.45) is 5.92 Å². The van der Waals surface area contributed by atoms with Crippen LogP contribution in [0.3, 0.4) is 0 Å². The Morgan fingerprint density at radius 1 is 1.52 bits per heavy atom. The molecule has 1 heterocycles. The first kappa shape index (κ1) is 16.3. The molecule has 7 heteroatoms. The molecule has 5 nitrogen and oxygen atoms in total. The largest absolute Gasteiger partial charge is 0.481 e. The lowest BCUT2D eigenvalue weighted by Crippen LogP contribution is -2.33. The molecule has 2 rings (SSSR count). The van der Waals surface area contributed by atoms with Crippen LogP contribution in [-0.4, -0.2) is 33.8 Å². The minimum Gasteiger partial charge on any atom is -0.481 e. The number of aryl methyl sites for hydroxylation is 1. The first-order chi connectivity index (χ1) is 10.0. The van der Waals surface area contributed by atoms with Crippen LogP contribution in [0.2, 0.25) is 0 Å². The summed E-state index contributed by atoms with van der Waals surface area (Å²) in [7, 11) is 0. The number of amides is 1. The molecule has 2 N–H and O–H groups in total. The molecule has 1 fully saturated rings. The quantitative estimate of drug-likeness (QED) is 0.752. The number of hydrogen-bond donors (Lipinski definition) is 2. The zero-order chi connectivity index (χ0) is 15.2. The Kier molecular flexibility index (Phi) is 6.05. The molecule has 1 aromatic heterocycles. The molecule has 0 aromatic carbocycles. The number of thiazole rings is 1. The van der Waals surface area contributed by atoms with Crippen molar-refractivity contribution in [3.05, 3.63) is 16.1 Å². The monoisotopic (exact) mass is 328 g/mol. The summed E-state index contributed by atoms with van der Waals surface area (Å²) in [5, 5.41) is 15.0. The molecule has 0 bridgehead atoms. The summed E-state index contributed by atoms with van der Waals surface area (Å²) in [5.74, 6) is 0.575. The molecular formula is C14H20N2O3S2. The van der Waals surface area contributed by atoms with Gasteiger partial charge in [0, 0.05) is 29.3 Å². The number of thioether (sulfide) groups is 1. The van der Waals surface area contributed by atoms with E-state index < -0.39 is 5.97 Å². The van der Waals surface area contributed by atoms with Crippen molar-refractivity contribution in [1.29, 1.82) is 0 Å². The number of nitrogens with one attached hydrogen (secondary N) is 1. The number of carboxylic acid groups (broad SMARTS) is 1. The standard InChI is InChI=1S/C14H20N2O3S2/c1-9-15-12(8-21-9)7-20-5-4-13(17)16-11-3-2-10(6-11)14(18)19/h8,10-11H,2-7H2,1H3,(H,16,17)(H,18,19)/t10-,11+/m1/s1. The zero-order valence-corrected chi connectivity index (χ0v) is 13.6. The highest BCUT2D eigenvalue weighted by Crippen LogP contribution is 2.25. The lowest BCUT2D eigenvalue weighted by Gasteiger charge is -2.12. The topological polar surface area (TPSA) is 79.3 Å². The second-order valence-electron chi connectivity index (χ2n) is 5.27. The smallest absolute Gasteiger partial charge is 0.306 e. The molecule has 0 aliphatic heterocycles. The minimum absolute atomic E-state index is 0.0213. The third-order valence-corrected chi connectivity index (χ3v) is 5.35. The predicted molar refractivity (Wildman–Crippen MR) is 84.5 cm³/mol. The fourth-order valence-electron chi connectivity index (χ4n) is 2.45. The van der Waals surface area contributed by atoms with E-state index in [1.807, 2.05) is 12.3 Å². The van der Waals surface area contributed by atoms with E-state index in [4.69, 9.17) is 5.11 Å². The van der Waals surface area contributed by atoms with E-state index in [2.05, 4.69) is 10.3 Å². The van der Waals surface area contributed by atoms with Crippen LogP contribution in [0.5, 0.6) is 0 Å². The second-order valence-corrected chi connectivity index (χ2v) is 7.44. The third-order valence-electron chi connectivity index (χ3n) is 3.54. The van der Waals surface area contributed by atoms with Crippen molar-refractivity contribution < 1.29 is 14.7 Å². The van der Waals surface area contributed by atoms with Crippen LogP contribution in [0, 0.1) is 12.8 Å². The lowest BCUT2D eigenvalue weighted by atomic mass is 10.1. The molecule has 1 amide bonds. The first-order valence-electron chi connectivity index (χ1n) is 7.05. The van der Waals surface area contributed by atoms with E-state index in [0.29, 0.717) is 19.3 Å². The zero-order valence-electron chi connectivity index (χ0n) is 12.0. The van der Waals surface area contributed by atoms with Gasteiger partial charge < -0.3 is 10.4 Å². The van der Waals surface area contributed by atoms with E-state index >= 15 is 0 Å².